The molecule has 114 valence electrons. The highest BCUT2D eigenvalue weighted by Crippen LogP contribution is 2.25. The van der Waals surface area contributed by atoms with E-state index in [4.69, 9.17) is 14.9 Å². The molecule has 0 bridgehead atoms. The summed E-state index contributed by atoms with van der Waals surface area (Å²) < 4.78 is 0. The van der Waals surface area contributed by atoms with Crippen molar-refractivity contribution in [2.75, 3.05) is 19.8 Å². The zero-order valence-electron chi connectivity index (χ0n) is 11.6. The van der Waals surface area contributed by atoms with Crippen molar-refractivity contribution in [1.29, 1.82) is 0 Å². The summed E-state index contributed by atoms with van der Waals surface area (Å²) in [5.74, 6) is 0.512. The van der Waals surface area contributed by atoms with E-state index in [1.165, 1.54) is 0 Å². The van der Waals surface area contributed by atoms with Crippen molar-refractivity contribution in [3.05, 3.63) is 0 Å². The normalized spacial score (nSPS) is 29.8. The van der Waals surface area contributed by atoms with Crippen LogP contribution in [-0.4, -0.2) is 36.1 Å². The monoisotopic (exact) mass is 278 g/mol. The first-order chi connectivity index (χ1) is 9.24. The quantitative estimate of drug-likeness (QED) is 0.766. The van der Waals surface area contributed by atoms with Crippen LogP contribution < -0.4 is 0 Å². The summed E-state index contributed by atoms with van der Waals surface area (Å²) in [6.07, 6.45) is 5.17. The maximum atomic E-state index is 9.59. The van der Waals surface area contributed by atoms with Crippen molar-refractivity contribution in [1.82, 2.24) is 0 Å². The molecular formula is C13H26O6. The third-order valence-corrected chi connectivity index (χ3v) is 3.60. The Hall–Kier alpha value is -0.240. The minimum absolute atomic E-state index is 0.197. The van der Waals surface area contributed by atoms with E-state index < -0.39 is 6.10 Å². The lowest BCUT2D eigenvalue weighted by Gasteiger charge is -2.24. The van der Waals surface area contributed by atoms with E-state index in [2.05, 4.69) is 10.1 Å². The van der Waals surface area contributed by atoms with Crippen LogP contribution in [-0.2, 0) is 19.9 Å². The van der Waals surface area contributed by atoms with Crippen molar-refractivity contribution >= 4 is 0 Å². The van der Waals surface area contributed by atoms with Gasteiger partial charge < -0.3 is 10.2 Å². The molecule has 1 fully saturated rings. The van der Waals surface area contributed by atoms with Crippen LogP contribution >= 0.6 is 0 Å². The number of aliphatic hydroxyl groups excluding tert-OH is 2. The van der Waals surface area contributed by atoms with Gasteiger partial charge >= 0.3 is 0 Å². The van der Waals surface area contributed by atoms with Gasteiger partial charge in [0.05, 0.1) is 25.9 Å². The van der Waals surface area contributed by atoms with E-state index in [1.807, 2.05) is 6.92 Å². The minimum Gasteiger partial charge on any atom is -0.394 e. The summed E-state index contributed by atoms with van der Waals surface area (Å²) in [6, 6.07) is 0. The van der Waals surface area contributed by atoms with Gasteiger partial charge in [0.2, 0.25) is 0 Å². The van der Waals surface area contributed by atoms with Crippen molar-refractivity contribution in [3.63, 3.8) is 0 Å². The van der Waals surface area contributed by atoms with Crippen LogP contribution in [0.1, 0.15) is 45.4 Å². The van der Waals surface area contributed by atoms with Crippen molar-refractivity contribution in [3.8, 4) is 0 Å². The summed E-state index contributed by atoms with van der Waals surface area (Å²) in [5.41, 5.74) is 0. The molecular weight excluding hydrogens is 252 g/mol. The summed E-state index contributed by atoms with van der Waals surface area (Å²) >= 11 is 0. The fourth-order valence-electron chi connectivity index (χ4n) is 2.32. The maximum absolute atomic E-state index is 9.59. The van der Waals surface area contributed by atoms with E-state index in [0.29, 0.717) is 25.6 Å². The van der Waals surface area contributed by atoms with Crippen LogP contribution in [0.25, 0.3) is 0 Å². The second kappa shape index (κ2) is 10.5. The van der Waals surface area contributed by atoms with Crippen molar-refractivity contribution < 1.29 is 30.1 Å². The van der Waals surface area contributed by atoms with E-state index in [1.54, 1.807) is 0 Å². The molecule has 0 aliphatic carbocycles. The van der Waals surface area contributed by atoms with Gasteiger partial charge in [0, 0.05) is 0 Å². The Kier molecular flexibility index (Phi) is 9.32. The SMILES string of the molecule is CC1COOOOCCCCCCC1CC(O)CO. The standard InChI is InChI=1S/C13H26O6/c1-11-10-17-19-18-16-7-5-3-2-4-6-12(11)8-13(15)9-14/h11-15H,2-10H2,1H3. The second-order valence-corrected chi connectivity index (χ2v) is 5.25. The Balaban J connectivity index is 2.42. The molecule has 0 radical (unpaired) electrons. The Bertz CT molecular complexity index is 213. The fraction of sp³-hybridized carbons (Fsp3) is 1.00. The molecule has 0 saturated carbocycles. The smallest absolute Gasteiger partial charge is 0.0883 e. The van der Waals surface area contributed by atoms with E-state index >= 15 is 0 Å². The van der Waals surface area contributed by atoms with Gasteiger partial charge in [0.1, 0.15) is 0 Å². The number of hydrogen-bond donors (Lipinski definition) is 2. The average Bonchev–Trinajstić information content (AvgIpc) is 2.43. The van der Waals surface area contributed by atoms with Gasteiger partial charge in [-0.2, -0.15) is 0 Å². The molecule has 0 aromatic rings. The topological polar surface area (TPSA) is 77.4 Å². The molecule has 1 rings (SSSR count). The molecule has 0 aromatic heterocycles. The van der Waals surface area contributed by atoms with Gasteiger partial charge in [-0.3, -0.25) is 0 Å². The molecule has 0 spiro atoms. The fourth-order valence-corrected chi connectivity index (χ4v) is 2.32. The van der Waals surface area contributed by atoms with E-state index in [0.717, 1.165) is 32.1 Å². The van der Waals surface area contributed by atoms with Gasteiger partial charge in [0.15, 0.2) is 0 Å². The molecule has 6 nitrogen and oxygen atoms in total. The van der Waals surface area contributed by atoms with Crippen LogP contribution in [0.4, 0.5) is 0 Å². The van der Waals surface area contributed by atoms with E-state index in [-0.39, 0.29) is 12.5 Å². The molecule has 1 saturated heterocycles. The molecule has 1 aliphatic heterocycles. The third-order valence-electron chi connectivity index (χ3n) is 3.60. The Morgan fingerprint density at radius 3 is 2.63 bits per heavy atom. The molecule has 0 aromatic carbocycles. The van der Waals surface area contributed by atoms with Gasteiger partial charge in [-0.05, 0) is 34.8 Å². The number of rotatable bonds is 3. The molecule has 1 heterocycles. The van der Waals surface area contributed by atoms with Gasteiger partial charge in [-0.1, -0.05) is 32.6 Å². The average molecular weight is 278 g/mol. The van der Waals surface area contributed by atoms with Crippen LogP contribution in [0.3, 0.4) is 0 Å². The largest absolute Gasteiger partial charge is 0.394 e. The Morgan fingerprint density at radius 2 is 1.84 bits per heavy atom. The molecule has 2 N–H and O–H groups in total. The molecule has 6 heteroatoms. The lowest BCUT2D eigenvalue weighted by Crippen LogP contribution is -2.24. The van der Waals surface area contributed by atoms with Crippen LogP contribution in [0.15, 0.2) is 0 Å². The van der Waals surface area contributed by atoms with Crippen molar-refractivity contribution in [2.45, 2.75) is 51.6 Å². The minimum atomic E-state index is -0.663. The lowest BCUT2D eigenvalue weighted by molar-refractivity contribution is -0.635. The summed E-state index contributed by atoms with van der Waals surface area (Å²) in [6.45, 7) is 2.70. The first-order valence-electron chi connectivity index (χ1n) is 7.10. The highest BCUT2D eigenvalue weighted by atomic mass is 17.7. The molecule has 1 aliphatic rings. The predicted molar refractivity (Wildman–Crippen MR) is 67.5 cm³/mol. The molecule has 0 amide bonds. The lowest BCUT2D eigenvalue weighted by atomic mass is 9.85. The summed E-state index contributed by atoms with van der Waals surface area (Å²) in [5, 5.41) is 27.4. The summed E-state index contributed by atoms with van der Waals surface area (Å²) in [4.78, 5) is 9.68. The first kappa shape index (κ1) is 16.8. The van der Waals surface area contributed by atoms with Crippen molar-refractivity contribution in [2.24, 2.45) is 11.8 Å². The predicted octanol–water partition coefficient (Wildman–Crippen LogP) is 1.76. The van der Waals surface area contributed by atoms with Gasteiger partial charge in [-0.25, -0.2) is 9.78 Å². The molecule has 3 unspecified atom stereocenters. The van der Waals surface area contributed by atoms with Crippen LogP contribution in [0.5, 0.6) is 0 Å². The van der Waals surface area contributed by atoms with Gasteiger partial charge in [0.25, 0.3) is 0 Å². The first-order valence-corrected chi connectivity index (χ1v) is 7.10. The zero-order chi connectivity index (χ0) is 13.9. The van der Waals surface area contributed by atoms with Crippen LogP contribution in [0.2, 0.25) is 0 Å². The zero-order valence-corrected chi connectivity index (χ0v) is 11.6. The summed E-state index contributed by atoms with van der Waals surface area (Å²) in [7, 11) is 0. The molecule has 19 heavy (non-hydrogen) atoms. The highest BCUT2D eigenvalue weighted by molar-refractivity contribution is 4.70. The number of aliphatic hydroxyl groups is 2. The highest BCUT2D eigenvalue weighted by Gasteiger charge is 2.21. The van der Waals surface area contributed by atoms with Crippen LogP contribution in [0, 0.1) is 11.8 Å². The van der Waals surface area contributed by atoms with Gasteiger partial charge in [-0.15, -0.1) is 0 Å². The van der Waals surface area contributed by atoms with E-state index in [9.17, 15) is 5.11 Å². The third kappa shape index (κ3) is 7.81. The second-order valence-electron chi connectivity index (χ2n) is 5.25. The molecule has 3 atom stereocenters. The number of hydrogen-bond acceptors (Lipinski definition) is 6. The Labute approximate surface area is 114 Å². The maximum Gasteiger partial charge on any atom is 0.0883 e. The Morgan fingerprint density at radius 1 is 1.11 bits per heavy atom.